The van der Waals surface area contributed by atoms with Gasteiger partial charge in [-0.1, -0.05) is 42.5 Å². The fourth-order valence-electron chi connectivity index (χ4n) is 5.22. The van der Waals surface area contributed by atoms with Crippen LogP contribution in [0.1, 0.15) is 37.3 Å². The van der Waals surface area contributed by atoms with Crippen LogP contribution in [0, 0.1) is 0 Å². The smallest absolute Gasteiger partial charge is 0.306 e. The van der Waals surface area contributed by atoms with Gasteiger partial charge in [0.15, 0.2) is 0 Å². The summed E-state index contributed by atoms with van der Waals surface area (Å²) in [5.74, 6) is 0. The first-order valence-corrected chi connectivity index (χ1v) is 11.0. The molecule has 0 saturated carbocycles. The molecular weight excluding hydrogens is 360 g/mol. The number of hydrogen-bond donors (Lipinski definition) is 1. The normalized spacial score (nSPS) is 21.9. The maximum Gasteiger partial charge on any atom is 0.326 e. The Bertz CT molecular complexity index is 1000. The number of nitrogens with zero attached hydrogens (tertiary/aromatic N) is 3. The first-order chi connectivity index (χ1) is 14.3. The Morgan fingerprint density at radius 2 is 1.66 bits per heavy atom. The van der Waals surface area contributed by atoms with Crippen LogP contribution >= 0.6 is 0 Å². The summed E-state index contributed by atoms with van der Waals surface area (Å²) in [7, 11) is 0. The van der Waals surface area contributed by atoms with Gasteiger partial charge in [0.25, 0.3) is 0 Å². The van der Waals surface area contributed by atoms with E-state index in [0.29, 0.717) is 12.1 Å². The van der Waals surface area contributed by atoms with E-state index in [2.05, 4.69) is 51.2 Å². The van der Waals surface area contributed by atoms with Gasteiger partial charge in [-0.05, 0) is 49.9 Å². The number of benzene rings is 2. The summed E-state index contributed by atoms with van der Waals surface area (Å²) in [4.78, 5) is 20.8. The van der Waals surface area contributed by atoms with Crippen molar-refractivity contribution in [3.05, 3.63) is 70.6 Å². The fourth-order valence-corrected chi connectivity index (χ4v) is 5.22. The summed E-state index contributed by atoms with van der Waals surface area (Å²) in [6, 6.07) is 19.8. The second-order valence-electron chi connectivity index (χ2n) is 8.60. The minimum Gasteiger partial charge on any atom is -0.306 e. The van der Waals surface area contributed by atoms with Crippen LogP contribution in [0.2, 0.25) is 0 Å². The van der Waals surface area contributed by atoms with E-state index in [0.717, 1.165) is 50.1 Å². The van der Waals surface area contributed by atoms with E-state index in [4.69, 9.17) is 0 Å². The predicted octanol–water partition coefficient (Wildman–Crippen LogP) is 3.63. The first-order valence-electron chi connectivity index (χ1n) is 11.0. The summed E-state index contributed by atoms with van der Waals surface area (Å²) in [6.45, 7) is 5.58. The Hall–Kier alpha value is -2.37. The van der Waals surface area contributed by atoms with Gasteiger partial charge in [-0.15, -0.1) is 0 Å². The van der Waals surface area contributed by atoms with Gasteiger partial charge in [0.05, 0.1) is 11.0 Å². The molecule has 5 rings (SSSR count). The Morgan fingerprint density at radius 1 is 0.897 bits per heavy atom. The average molecular weight is 391 g/mol. The Kier molecular flexibility index (Phi) is 5.25. The van der Waals surface area contributed by atoms with Crippen molar-refractivity contribution in [3.63, 3.8) is 0 Å². The third-order valence-corrected chi connectivity index (χ3v) is 6.74. The SMILES string of the molecule is O=c1[nH]c2ccccc2n1C1CCN(C[C@@H]2CCCN2Cc2ccccc2)CC1. The fraction of sp³-hybridized carbons (Fsp3) is 0.458. The van der Waals surface area contributed by atoms with Gasteiger partial charge in [-0.3, -0.25) is 9.47 Å². The maximum absolute atomic E-state index is 12.5. The quantitative estimate of drug-likeness (QED) is 0.724. The lowest BCUT2D eigenvalue weighted by Gasteiger charge is -2.36. The molecule has 0 aliphatic carbocycles. The molecule has 2 aliphatic heterocycles. The lowest BCUT2D eigenvalue weighted by molar-refractivity contribution is 0.131. The van der Waals surface area contributed by atoms with Gasteiger partial charge >= 0.3 is 5.69 Å². The number of hydrogen-bond acceptors (Lipinski definition) is 3. The van der Waals surface area contributed by atoms with Crippen molar-refractivity contribution < 1.29 is 0 Å². The molecule has 0 spiro atoms. The van der Waals surface area contributed by atoms with Crippen LogP contribution in [0.5, 0.6) is 0 Å². The van der Waals surface area contributed by atoms with Crippen LogP contribution in [0.4, 0.5) is 0 Å². The molecule has 0 unspecified atom stereocenters. The van der Waals surface area contributed by atoms with Crippen molar-refractivity contribution in [3.8, 4) is 0 Å². The predicted molar refractivity (Wildman–Crippen MR) is 117 cm³/mol. The van der Waals surface area contributed by atoms with Gasteiger partial charge in [-0.25, -0.2) is 4.79 Å². The number of H-pyrrole nitrogens is 1. The monoisotopic (exact) mass is 390 g/mol. The summed E-state index contributed by atoms with van der Waals surface area (Å²) in [5, 5.41) is 0. The highest BCUT2D eigenvalue weighted by molar-refractivity contribution is 5.75. The largest absolute Gasteiger partial charge is 0.326 e. The lowest BCUT2D eigenvalue weighted by Crippen LogP contribution is -2.44. The van der Waals surface area contributed by atoms with Crippen molar-refractivity contribution in [2.75, 3.05) is 26.2 Å². The zero-order valence-electron chi connectivity index (χ0n) is 17.0. The molecule has 152 valence electrons. The van der Waals surface area contributed by atoms with Crippen LogP contribution in [0.3, 0.4) is 0 Å². The van der Waals surface area contributed by atoms with E-state index < -0.39 is 0 Å². The topological polar surface area (TPSA) is 44.3 Å². The molecule has 3 heterocycles. The number of fused-ring (bicyclic) bond motifs is 1. The lowest BCUT2D eigenvalue weighted by atomic mass is 10.0. The number of aromatic amines is 1. The van der Waals surface area contributed by atoms with Crippen LogP contribution in [0.25, 0.3) is 11.0 Å². The van der Waals surface area contributed by atoms with Crippen molar-refractivity contribution in [2.45, 2.75) is 44.3 Å². The summed E-state index contributed by atoms with van der Waals surface area (Å²) < 4.78 is 1.99. The number of para-hydroxylation sites is 2. The highest BCUT2D eigenvalue weighted by Gasteiger charge is 2.29. The maximum atomic E-state index is 12.5. The molecule has 1 N–H and O–H groups in total. The molecule has 1 atom stereocenters. The van der Waals surface area contributed by atoms with Crippen molar-refractivity contribution in [2.24, 2.45) is 0 Å². The second-order valence-corrected chi connectivity index (χ2v) is 8.60. The van der Waals surface area contributed by atoms with Crippen LogP contribution < -0.4 is 5.69 Å². The minimum absolute atomic E-state index is 0.0366. The molecule has 5 heteroatoms. The average Bonchev–Trinajstić information content (AvgIpc) is 3.32. The van der Waals surface area contributed by atoms with Crippen molar-refractivity contribution in [1.82, 2.24) is 19.4 Å². The summed E-state index contributed by atoms with van der Waals surface area (Å²) >= 11 is 0. The van der Waals surface area contributed by atoms with E-state index in [1.54, 1.807) is 0 Å². The van der Waals surface area contributed by atoms with E-state index in [1.807, 2.05) is 22.8 Å². The molecule has 0 amide bonds. The Morgan fingerprint density at radius 3 is 2.48 bits per heavy atom. The van der Waals surface area contributed by atoms with Crippen LogP contribution in [0.15, 0.2) is 59.4 Å². The summed E-state index contributed by atoms with van der Waals surface area (Å²) in [6.07, 6.45) is 4.70. The first kappa shape index (κ1) is 18.6. The highest BCUT2D eigenvalue weighted by atomic mass is 16.1. The molecule has 29 heavy (non-hydrogen) atoms. The molecule has 0 bridgehead atoms. The number of rotatable bonds is 5. The third-order valence-electron chi connectivity index (χ3n) is 6.74. The Labute approximate surface area is 171 Å². The van der Waals surface area contributed by atoms with Gasteiger partial charge in [-0.2, -0.15) is 0 Å². The second kappa shape index (κ2) is 8.17. The molecule has 2 fully saturated rings. The van der Waals surface area contributed by atoms with E-state index in [1.165, 1.54) is 24.9 Å². The number of likely N-dealkylation sites (tertiary alicyclic amines) is 2. The number of nitrogens with one attached hydrogen (secondary N) is 1. The van der Waals surface area contributed by atoms with Gasteiger partial charge in [0, 0.05) is 38.3 Å². The van der Waals surface area contributed by atoms with Crippen molar-refractivity contribution in [1.29, 1.82) is 0 Å². The standard InChI is InChI=1S/C24H30N4O/c29-24-25-22-10-4-5-11-23(22)28(24)20-12-15-26(16-13-20)18-21-9-6-14-27(21)17-19-7-2-1-3-8-19/h1-5,7-8,10-11,20-21H,6,9,12-18H2,(H,25,29)/t21-/m0/s1. The molecule has 2 aliphatic rings. The molecule has 1 aromatic heterocycles. The molecular formula is C24H30N4O. The van der Waals surface area contributed by atoms with Gasteiger partial charge < -0.3 is 9.88 Å². The number of aromatic nitrogens is 2. The molecule has 2 aromatic carbocycles. The Balaban J connectivity index is 1.21. The zero-order chi connectivity index (χ0) is 19.6. The van der Waals surface area contributed by atoms with Gasteiger partial charge in [0.1, 0.15) is 0 Å². The number of imidazole rings is 1. The molecule has 3 aromatic rings. The van der Waals surface area contributed by atoms with E-state index >= 15 is 0 Å². The third kappa shape index (κ3) is 3.89. The zero-order valence-corrected chi connectivity index (χ0v) is 17.0. The van der Waals surface area contributed by atoms with Gasteiger partial charge in [0.2, 0.25) is 0 Å². The van der Waals surface area contributed by atoms with Crippen molar-refractivity contribution >= 4 is 11.0 Å². The van der Waals surface area contributed by atoms with E-state index in [9.17, 15) is 4.79 Å². The van der Waals surface area contributed by atoms with Crippen LogP contribution in [-0.4, -0.2) is 51.6 Å². The van der Waals surface area contributed by atoms with Crippen LogP contribution in [-0.2, 0) is 6.54 Å². The number of piperidine rings is 1. The minimum atomic E-state index is 0.0366. The molecule has 5 nitrogen and oxygen atoms in total. The molecule has 0 radical (unpaired) electrons. The highest BCUT2D eigenvalue weighted by Crippen LogP contribution is 2.27. The summed E-state index contributed by atoms with van der Waals surface area (Å²) in [5.41, 5.74) is 3.44. The molecule has 2 saturated heterocycles. The van der Waals surface area contributed by atoms with E-state index in [-0.39, 0.29) is 5.69 Å².